The van der Waals surface area contributed by atoms with Crippen LogP contribution in [-0.4, -0.2) is 65.4 Å². The summed E-state index contributed by atoms with van der Waals surface area (Å²) in [5.41, 5.74) is 0. The van der Waals surface area contributed by atoms with Crippen LogP contribution in [0.1, 0.15) is 0 Å². The molecule has 0 bridgehead atoms. The SMILES string of the molecule is CS(C)=O.CS(C)=O.CS(C)=O.O=[N+]([O-])[O-].O=[N+]([O-])[O-].O=[N+]([O-])[O-].[Tb+3]. The van der Waals surface area contributed by atoms with Crippen LogP contribution < -0.4 is 0 Å². The fourth-order valence-corrected chi connectivity index (χ4v) is 0. The summed E-state index contributed by atoms with van der Waals surface area (Å²) >= 11 is 0. The van der Waals surface area contributed by atoms with E-state index in [0.717, 1.165) is 0 Å². The topological polar surface area (TPSA) is 250 Å². The van der Waals surface area contributed by atoms with Gasteiger partial charge >= 0.3 is 38.6 Å². The van der Waals surface area contributed by atoms with E-state index in [-0.39, 0.29) is 38.6 Å². The van der Waals surface area contributed by atoms with Crippen LogP contribution in [0.2, 0.25) is 0 Å². The Hall–Kier alpha value is -0.664. The molecular weight excluding hydrogens is 561 g/mol. The molecule has 0 amide bonds. The van der Waals surface area contributed by atoms with E-state index >= 15 is 0 Å². The van der Waals surface area contributed by atoms with Crippen molar-refractivity contribution >= 4 is 32.4 Å². The van der Waals surface area contributed by atoms with Crippen molar-refractivity contribution in [2.45, 2.75) is 0 Å². The Balaban J connectivity index is -0.0000000309. The van der Waals surface area contributed by atoms with E-state index in [2.05, 4.69) is 0 Å². The molecule has 0 N–H and O–H groups in total. The summed E-state index contributed by atoms with van der Waals surface area (Å²) in [5, 5.41) is 44.2. The van der Waals surface area contributed by atoms with Crippen molar-refractivity contribution in [3.63, 3.8) is 0 Å². The van der Waals surface area contributed by atoms with Crippen LogP contribution in [0.25, 0.3) is 0 Å². The normalized spacial score (nSPS) is 7.08. The van der Waals surface area contributed by atoms with Gasteiger partial charge in [-0.05, 0) is 0 Å². The van der Waals surface area contributed by atoms with E-state index in [0.29, 0.717) is 0 Å². The molecule has 0 aromatic rings. The van der Waals surface area contributed by atoms with Crippen LogP contribution in [0.4, 0.5) is 0 Å². The first kappa shape index (κ1) is 44.1. The van der Waals surface area contributed by atoms with E-state index in [1.54, 1.807) is 37.5 Å². The molecule has 0 fully saturated rings. The van der Waals surface area contributed by atoms with Gasteiger partial charge in [0, 0.05) is 69.9 Å². The van der Waals surface area contributed by atoms with Gasteiger partial charge in [-0.15, -0.1) is 0 Å². The molecule has 0 atom stereocenters. The minimum atomic E-state index is -1.75. The molecule has 0 heterocycles. The van der Waals surface area contributed by atoms with Gasteiger partial charge in [-0.25, -0.2) is 0 Å². The Morgan fingerprint density at radius 1 is 0.480 bits per heavy atom. The Labute approximate surface area is 181 Å². The van der Waals surface area contributed by atoms with Crippen molar-refractivity contribution < 1.29 is 66.5 Å². The van der Waals surface area contributed by atoms with Gasteiger partial charge in [0.2, 0.25) is 0 Å². The first-order chi connectivity index (χ1) is 10.4. The fraction of sp³-hybridized carbons (Fsp3) is 1.00. The fourth-order valence-electron chi connectivity index (χ4n) is 0. The zero-order valence-electron chi connectivity index (χ0n) is 13.8. The molecule has 0 aliphatic rings. The molecule has 0 aliphatic carbocycles. The Morgan fingerprint density at radius 2 is 0.480 bits per heavy atom. The molecule has 0 radical (unpaired) electrons. The predicted molar refractivity (Wildman–Crippen MR) is 91.1 cm³/mol. The van der Waals surface area contributed by atoms with Gasteiger partial charge in [-0.2, -0.15) is 0 Å². The number of rotatable bonds is 0. The van der Waals surface area contributed by atoms with Gasteiger partial charge in [0.05, 0.1) is 15.3 Å². The average molecular weight is 579 g/mol. The smallest absolute Gasteiger partial charge is 0.356 e. The summed E-state index contributed by atoms with van der Waals surface area (Å²) in [4.78, 5) is 24.8. The van der Waals surface area contributed by atoms with E-state index in [1.807, 2.05) is 0 Å². The third-order valence-electron chi connectivity index (χ3n) is 0. The van der Waals surface area contributed by atoms with Crippen molar-refractivity contribution in [3.05, 3.63) is 46.0 Å². The van der Waals surface area contributed by atoms with Crippen molar-refractivity contribution in [3.8, 4) is 0 Å². The molecule has 0 aliphatic heterocycles. The molecule has 25 heavy (non-hydrogen) atoms. The Bertz CT molecular complexity index is 279. The molecule has 0 unspecified atom stereocenters. The zero-order valence-corrected chi connectivity index (χ0v) is 18.4. The van der Waals surface area contributed by atoms with E-state index in [9.17, 15) is 12.6 Å². The molecule has 0 aromatic carbocycles. The zero-order chi connectivity index (χ0) is 21.5. The maximum Gasteiger partial charge on any atom is 3.00 e. The van der Waals surface area contributed by atoms with Crippen LogP contribution in [0.5, 0.6) is 0 Å². The Kier molecular flexibility index (Phi) is 68.3. The van der Waals surface area contributed by atoms with Crippen molar-refractivity contribution in [2.24, 2.45) is 0 Å². The molecule has 156 valence electrons. The molecule has 0 spiro atoms. The summed E-state index contributed by atoms with van der Waals surface area (Å²) in [6.07, 6.45) is 9.83. The third-order valence-corrected chi connectivity index (χ3v) is 0. The van der Waals surface area contributed by atoms with Crippen molar-refractivity contribution in [2.75, 3.05) is 37.5 Å². The molecule has 0 saturated heterocycles. The van der Waals surface area contributed by atoms with Crippen LogP contribution in [0.3, 0.4) is 0 Å². The second kappa shape index (κ2) is 38.7. The first-order valence-electron chi connectivity index (χ1n) is 4.59. The van der Waals surface area contributed by atoms with E-state index in [4.69, 9.17) is 46.0 Å². The maximum atomic E-state index is 9.56. The molecule has 0 saturated carbocycles. The van der Waals surface area contributed by atoms with Gasteiger partial charge in [0.25, 0.3) is 0 Å². The molecular formula is C6H18N3O12S3Tb. The summed E-state index contributed by atoms with van der Waals surface area (Å²) in [6, 6.07) is 0. The summed E-state index contributed by atoms with van der Waals surface area (Å²) in [6.45, 7) is 0. The predicted octanol–water partition coefficient (Wildman–Crippen LogP) is -0.733. The van der Waals surface area contributed by atoms with Crippen LogP contribution in [-0.2, 0) is 32.4 Å². The van der Waals surface area contributed by atoms with Crippen LogP contribution in [0.15, 0.2) is 0 Å². The Morgan fingerprint density at radius 3 is 0.480 bits per heavy atom. The van der Waals surface area contributed by atoms with Gasteiger partial charge in [-0.1, -0.05) is 0 Å². The quantitative estimate of drug-likeness (QED) is 0.254. The number of hydrogen-bond donors (Lipinski definition) is 0. The summed E-state index contributed by atoms with van der Waals surface area (Å²) in [5.74, 6) is 0. The maximum absolute atomic E-state index is 9.56. The van der Waals surface area contributed by atoms with Crippen molar-refractivity contribution in [1.82, 2.24) is 0 Å². The first-order valence-corrected chi connectivity index (χ1v) is 10.5. The van der Waals surface area contributed by atoms with Gasteiger partial charge in [0.1, 0.15) is 0 Å². The molecule has 19 heteroatoms. The van der Waals surface area contributed by atoms with E-state index < -0.39 is 47.7 Å². The monoisotopic (exact) mass is 579 g/mol. The molecule has 0 rings (SSSR count). The second-order valence-corrected chi connectivity index (χ2v) is 7.35. The second-order valence-electron chi connectivity index (χ2n) is 2.90. The van der Waals surface area contributed by atoms with Gasteiger partial charge in [0.15, 0.2) is 0 Å². The molecule has 15 nitrogen and oxygen atoms in total. The van der Waals surface area contributed by atoms with E-state index in [1.165, 1.54) is 0 Å². The van der Waals surface area contributed by atoms with Crippen molar-refractivity contribution in [1.29, 1.82) is 0 Å². The average Bonchev–Trinajstić information content (AvgIpc) is 2.08. The molecule has 0 aromatic heterocycles. The van der Waals surface area contributed by atoms with Gasteiger partial charge in [-0.3, -0.25) is 12.6 Å². The van der Waals surface area contributed by atoms with Crippen LogP contribution in [0, 0.1) is 84.6 Å². The largest absolute Gasteiger partial charge is 3.00 e. The number of nitrogens with zero attached hydrogens (tertiary/aromatic N) is 3. The standard InChI is InChI=1S/3C2H6OS.3NO3.Tb/c3*1-4(2)3;3*2-1(3)4;/h3*1-2H3;;;;/q;;;3*-1;+3. The summed E-state index contributed by atoms with van der Waals surface area (Å²) < 4.78 is 28.7. The van der Waals surface area contributed by atoms with Gasteiger partial charge < -0.3 is 46.0 Å². The summed E-state index contributed by atoms with van der Waals surface area (Å²) in [7, 11) is -1.83. The minimum Gasteiger partial charge on any atom is -0.356 e. The minimum absolute atomic E-state index is 0. The third kappa shape index (κ3) is 24100. The number of hydrogen-bond acceptors (Lipinski definition) is 12. The van der Waals surface area contributed by atoms with Crippen LogP contribution >= 0.6 is 0 Å².